The Morgan fingerprint density at radius 3 is 2.94 bits per heavy atom. The van der Waals surface area contributed by atoms with E-state index in [9.17, 15) is 0 Å². The predicted octanol–water partition coefficient (Wildman–Crippen LogP) is 1.24. The van der Waals surface area contributed by atoms with Crippen LogP contribution in [0.5, 0.6) is 0 Å². The zero-order valence-corrected chi connectivity index (χ0v) is 10.0. The van der Waals surface area contributed by atoms with Gasteiger partial charge < -0.3 is 10.2 Å². The van der Waals surface area contributed by atoms with Crippen molar-refractivity contribution in [3.05, 3.63) is 24.5 Å². The van der Waals surface area contributed by atoms with E-state index in [1.165, 1.54) is 12.8 Å². The van der Waals surface area contributed by atoms with Crippen molar-refractivity contribution in [1.82, 2.24) is 19.5 Å². The van der Waals surface area contributed by atoms with Crippen molar-refractivity contribution in [2.24, 2.45) is 0 Å². The molecule has 0 aromatic carbocycles. The van der Waals surface area contributed by atoms with Crippen LogP contribution in [0.25, 0.3) is 5.65 Å². The molecule has 90 valence electrons. The van der Waals surface area contributed by atoms with Crippen LogP contribution in [-0.2, 0) is 0 Å². The van der Waals surface area contributed by atoms with Gasteiger partial charge in [-0.15, -0.1) is 0 Å². The van der Waals surface area contributed by atoms with Crippen LogP contribution in [-0.4, -0.2) is 45.7 Å². The van der Waals surface area contributed by atoms with E-state index in [1.807, 2.05) is 18.3 Å². The van der Waals surface area contributed by atoms with Crippen LogP contribution in [0.4, 0.5) is 5.82 Å². The first-order chi connectivity index (χ1) is 8.31. The molecule has 5 nitrogen and oxygen atoms in total. The highest BCUT2D eigenvalue weighted by atomic mass is 15.2. The third kappa shape index (κ3) is 2.24. The molecular formula is C12H17N5. The van der Waals surface area contributed by atoms with Crippen molar-refractivity contribution in [1.29, 1.82) is 0 Å². The summed E-state index contributed by atoms with van der Waals surface area (Å²) >= 11 is 0. The highest BCUT2D eigenvalue weighted by Gasteiger charge is 2.16. The summed E-state index contributed by atoms with van der Waals surface area (Å²) in [4.78, 5) is 6.89. The van der Waals surface area contributed by atoms with Gasteiger partial charge in [-0.3, -0.25) is 0 Å². The third-order valence-corrected chi connectivity index (χ3v) is 3.33. The maximum atomic E-state index is 4.52. The lowest BCUT2D eigenvalue weighted by Crippen LogP contribution is -2.36. The van der Waals surface area contributed by atoms with Gasteiger partial charge >= 0.3 is 0 Å². The number of nitrogens with one attached hydrogen (secondary N) is 1. The van der Waals surface area contributed by atoms with Crippen LogP contribution in [0.3, 0.4) is 0 Å². The average Bonchev–Trinajstić information content (AvgIpc) is 2.79. The molecule has 0 bridgehead atoms. The number of piperidine rings is 1. The third-order valence-electron chi connectivity index (χ3n) is 3.33. The van der Waals surface area contributed by atoms with Gasteiger partial charge in [0.1, 0.15) is 5.82 Å². The largest absolute Gasteiger partial charge is 0.367 e. The fourth-order valence-electron chi connectivity index (χ4n) is 2.26. The van der Waals surface area contributed by atoms with Crippen LogP contribution in [0.15, 0.2) is 24.5 Å². The molecule has 0 radical (unpaired) electrons. The Labute approximate surface area is 100 Å². The van der Waals surface area contributed by atoms with Gasteiger partial charge in [0.25, 0.3) is 0 Å². The second-order valence-electron chi connectivity index (χ2n) is 4.67. The molecule has 2 aromatic rings. The molecule has 0 unspecified atom stereocenters. The van der Waals surface area contributed by atoms with Crippen LogP contribution < -0.4 is 5.32 Å². The number of nitrogens with zero attached hydrogens (tertiary/aromatic N) is 4. The van der Waals surface area contributed by atoms with Gasteiger partial charge in [-0.1, -0.05) is 0 Å². The lowest BCUT2D eigenvalue weighted by Gasteiger charge is -2.29. The maximum Gasteiger partial charge on any atom is 0.157 e. The number of aromatic nitrogens is 3. The number of rotatable bonds is 2. The number of hydrogen-bond donors (Lipinski definition) is 1. The smallest absolute Gasteiger partial charge is 0.157 e. The Hall–Kier alpha value is -1.62. The van der Waals surface area contributed by atoms with Crippen LogP contribution in [0.1, 0.15) is 12.8 Å². The second-order valence-corrected chi connectivity index (χ2v) is 4.67. The summed E-state index contributed by atoms with van der Waals surface area (Å²) in [6, 6.07) is 4.45. The summed E-state index contributed by atoms with van der Waals surface area (Å²) in [5.74, 6) is 0.951. The first-order valence-corrected chi connectivity index (χ1v) is 6.07. The molecule has 3 heterocycles. The standard InChI is InChI=1S/C12H17N5/c1-16-7-3-10(4-8-16)14-11-5-9-17-12(15-11)2-6-13-17/h2,5-6,9-10H,3-4,7-8H2,1H3,(H,14,15). The molecule has 0 atom stereocenters. The Morgan fingerprint density at radius 2 is 2.12 bits per heavy atom. The molecule has 0 saturated carbocycles. The fourth-order valence-corrected chi connectivity index (χ4v) is 2.26. The normalized spacial score (nSPS) is 18.6. The summed E-state index contributed by atoms with van der Waals surface area (Å²) in [5.41, 5.74) is 0.892. The fraction of sp³-hybridized carbons (Fsp3) is 0.500. The van der Waals surface area contributed by atoms with Gasteiger partial charge in [0.2, 0.25) is 0 Å². The minimum atomic E-state index is 0.545. The number of anilines is 1. The van der Waals surface area contributed by atoms with E-state index in [2.05, 4.69) is 27.3 Å². The van der Waals surface area contributed by atoms with Crippen molar-refractivity contribution in [3.63, 3.8) is 0 Å². The van der Waals surface area contributed by atoms with Crippen molar-refractivity contribution in [2.75, 3.05) is 25.5 Å². The van der Waals surface area contributed by atoms with E-state index < -0.39 is 0 Å². The first kappa shape index (κ1) is 10.5. The maximum absolute atomic E-state index is 4.52. The van der Waals surface area contributed by atoms with Crippen molar-refractivity contribution in [3.8, 4) is 0 Å². The molecule has 1 N–H and O–H groups in total. The Balaban J connectivity index is 1.71. The summed E-state index contributed by atoms with van der Waals surface area (Å²) in [6.45, 7) is 2.32. The molecule has 1 aliphatic heterocycles. The molecule has 5 heteroatoms. The summed E-state index contributed by atoms with van der Waals surface area (Å²) < 4.78 is 1.78. The van der Waals surface area contributed by atoms with Gasteiger partial charge in [-0.05, 0) is 39.0 Å². The molecule has 0 spiro atoms. The molecule has 3 rings (SSSR count). The van der Waals surface area contributed by atoms with E-state index in [0.717, 1.165) is 24.6 Å². The Bertz CT molecular complexity index is 498. The Morgan fingerprint density at radius 1 is 1.29 bits per heavy atom. The molecule has 17 heavy (non-hydrogen) atoms. The van der Waals surface area contributed by atoms with E-state index in [0.29, 0.717) is 6.04 Å². The van der Waals surface area contributed by atoms with E-state index in [1.54, 1.807) is 10.7 Å². The molecule has 2 aromatic heterocycles. The number of fused-ring (bicyclic) bond motifs is 1. The lowest BCUT2D eigenvalue weighted by molar-refractivity contribution is 0.263. The van der Waals surface area contributed by atoms with Crippen LogP contribution >= 0.6 is 0 Å². The van der Waals surface area contributed by atoms with Gasteiger partial charge in [0.15, 0.2) is 5.65 Å². The number of hydrogen-bond acceptors (Lipinski definition) is 4. The van der Waals surface area contributed by atoms with Crippen LogP contribution in [0, 0.1) is 0 Å². The van der Waals surface area contributed by atoms with Gasteiger partial charge in [0, 0.05) is 18.3 Å². The average molecular weight is 231 g/mol. The van der Waals surface area contributed by atoms with E-state index in [4.69, 9.17) is 0 Å². The molecule has 0 amide bonds. The van der Waals surface area contributed by atoms with Gasteiger partial charge in [-0.2, -0.15) is 5.10 Å². The van der Waals surface area contributed by atoms with E-state index in [-0.39, 0.29) is 0 Å². The van der Waals surface area contributed by atoms with E-state index >= 15 is 0 Å². The molecule has 1 aliphatic rings. The Kier molecular flexibility index (Phi) is 2.68. The summed E-state index contributed by atoms with van der Waals surface area (Å²) in [7, 11) is 2.17. The zero-order valence-electron chi connectivity index (χ0n) is 10.0. The minimum Gasteiger partial charge on any atom is -0.367 e. The zero-order chi connectivity index (χ0) is 11.7. The molecule has 1 saturated heterocycles. The quantitative estimate of drug-likeness (QED) is 0.844. The minimum absolute atomic E-state index is 0.545. The monoisotopic (exact) mass is 231 g/mol. The van der Waals surface area contributed by atoms with Gasteiger partial charge in [0.05, 0.1) is 6.20 Å². The lowest BCUT2D eigenvalue weighted by atomic mass is 10.1. The van der Waals surface area contributed by atoms with Crippen molar-refractivity contribution < 1.29 is 0 Å². The SMILES string of the molecule is CN1CCC(Nc2ccn3nccc3n2)CC1. The molecular weight excluding hydrogens is 214 g/mol. The summed E-state index contributed by atoms with van der Waals surface area (Å²) in [6.07, 6.45) is 6.08. The second kappa shape index (κ2) is 4.33. The predicted molar refractivity (Wildman–Crippen MR) is 67.1 cm³/mol. The first-order valence-electron chi connectivity index (χ1n) is 6.07. The van der Waals surface area contributed by atoms with Crippen LogP contribution in [0.2, 0.25) is 0 Å². The summed E-state index contributed by atoms with van der Waals surface area (Å²) in [5, 5.41) is 7.64. The van der Waals surface area contributed by atoms with Gasteiger partial charge in [-0.25, -0.2) is 9.50 Å². The highest BCUT2D eigenvalue weighted by Crippen LogP contribution is 2.14. The van der Waals surface area contributed by atoms with Crippen molar-refractivity contribution >= 4 is 11.5 Å². The number of likely N-dealkylation sites (tertiary alicyclic amines) is 1. The topological polar surface area (TPSA) is 45.5 Å². The van der Waals surface area contributed by atoms with Crippen molar-refractivity contribution in [2.45, 2.75) is 18.9 Å². The highest BCUT2D eigenvalue weighted by molar-refractivity contribution is 5.45. The molecule has 1 fully saturated rings. The molecule has 0 aliphatic carbocycles.